The summed E-state index contributed by atoms with van der Waals surface area (Å²) in [5, 5.41) is 0. The lowest BCUT2D eigenvalue weighted by molar-refractivity contribution is -0.145. The van der Waals surface area contributed by atoms with E-state index in [1.807, 2.05) is 44.2 Å². The van der Waals surface area contributed by atoms with E-state index in [-0.39, 0.29) is 24.7 Å². The van der Waals surface area contributed by atoms with Gasteiger partial charge in [0, 0.05) is 6.07 Å². The fraction of sp³-hybridized carbons (Fsp3) is 0.419. The maximum Gasteiger partial charge on any atom is 0.344 e. The van der Waals surface area contributed by atoms with Gasteiger partial charge in [-0.05, 0) is 69.0 Å². The number of aryl methyl sites for hydroxylation is 1. The lowest BCUT2D eigenvalue weighted by Crippen LogP contribution is -2.16. The van der Waals surface area contributed by atoms with E-state index in [2.05, 4.69) is 13.0 Å². The summed E-state index contributed by atoms with van der Waals surface area (Å²) in [5.41, 5.74) is 3.78. The van der Waals surface area contributed by atoms with Crippen LogP contribution in [0.2, 0.25) is 0 Å². The summed E-state index contributed by atoms with van der Waals surface area (Å²) in [6, 6.07) is 13.2. The van der Waals surface area contributed by atoms with E-state index in [1.165, 1.54) is 31.2 Å². The van der Waals surface area contributed by atoms with E-state index >= 15 is 0 Å². The molecule has 0 aromatic heterocycles. The first kappa shape index (κ1) is 28.9. The second kappa shape index (κ2) is 16.4. The Balaban J connectivity index is 2.17. The zero-order valence-electron chi connectivity index (χ0n) is 22.2. The lowest BCUT2D eigenvalue weighted by Gasteiger charge is -2.12. The molecule has 2 aromatic carbocycles. The standard InChI is InChI=1S/C31H40O5/c1-5-7-8-9-10-13-25-14-11-12-15-26(25)16-19-29(32)28-18-17-27(35-21-20-24(3)4)22-30(28)36-23-31(33)34-6-2/h11-12,14-20,22H,5-10,13,21,23H2,1-4H3/b19-16+. The van der Waals surface area contributed by atoms with Gasteiger partial charge >= 0.3 is 5.97 Å². The Morgan fingerprint density at radius 1 is 0.917 bits per heavy atom. The first-order valence-corrected chi connectivity index (χ1v) is 12.9. The summed E-state index contributed by atoms with van der Waals surface area (Å²) in [6.07, 6.45) is 12.5. The molecule has 0 N–H and O–H groups in total. The molecule has 194 valence electrons. The number of benzene rings is 2. The smallest absolute Gasteiger partial charge is 0.344 e. The topological polar surface area (TPSA) is 61.8 Å². The van der Waals surface area contributed by atoms with E-state index < -0.39 is 5.97 Å². The number of hydrogen-bond donors (Lipinski definition) is 0. The van der Waals surface area contributed by atoms with Gasteiger partial charge in [0.2, 0.25) is 0 Å². The number of rotatable bonds is 16. The van der Waals surface area contributed by atoms with Crippen molar-refractivity contribution in [1.82, 2.24) is 0 Å². The maximum absolute atomic E-state index is 13.1. The predicted molar refractivity (Wildman–Crippen MR) is 146 cm³/mol. The molecule has 0 spiro atoms. The molecule has 2 aromatic rings. The molecule has 5 nitrogen and oxygen atoms in total. The quantitative estimate of drug-likeness (QED) is 0.0804. The average molecular weight is 493 g/mol. The van der Waals surface area contributed by atoms with Gasteiger partial charge in [-0.25, -0.2) is 4.79 Å². The van der Waals surface area contributed by atoms with E-state index in [0.29, 0.717) is 17.9 Å². The molecule has 0 atom stereocenters. The van der Waals surface area contributed by atoms with Crippen LogP contribution in [0.5, 0.6) is 11.5 Å². The molecule has 5 heteroatoms. The Bertz CT molecular complexity index is 1030. The zero-order valence-corrected chi connectivity index (χ0v) is 22.2. The van der Waals surface area contributed by atoms with Crippen molar-refractivity contribution >= 4 is 17.8 Å². The van der Waals surface area contributed by atoms with Gasteiger partial charge in [0.25, 0.3) is 0 Å². The van der Waals surface area contributed by atoms with Crippen LogP contribution in [0.25, 0.3) is 6.08 Å². The van der Waals surface area contributed by atoms with Crippen LogP contribution in [0.15, 0.2) is 60.2 Å². The average Bonchev–Trinajstić information content (AvgIpc) is 2.86. The van der Waals surface area contributed by atoms with Crippen molar-refractivity contribution < 1.29 is 23.8 Å². The van der Waals surface area contributed by atoms with E-state index in [0.717, 1.165) is 24.0 Å². The molecular formula is C31H40O5. The summed E-state index contributed by atoms with van der Waals surface area (Å²) in [7, 11) is 0. The Kier molecular flexibility index (Phi) is 13.1. The van der Waals surface area contributed by atoms with Crippen LogP contribution < -0.4 is 9.47 Å². The summed E-state index contributed by atoms with van der Waals surface area (Å²) >= 11 is 0. The monoisotopic (exact) mass is 492 g/mol. The molecule has 0 aliphatic rings. The van der Waals surface area contributed by atoms with Gasteiger partial charge in [-0.1, -0.05) is 68.5 Å². The molecule has 0 unspecified atom stereocenters. The highest BCUT2D eigenvalue weighted by molar-refractivity contribution is 6.08. The number of carbonyl (C=O) groups is 2. The van der Waals surface area contributed by atoms with Crippen molar-refractivity contribution in [3.05, 3.63) is 76.9 Å². The van der Waals surface area contributed by atoms with Crippen molar-refractivity contribution in [1.29, 1.82) is 0 Å². The molecular weight excluding hydrogens is 452 g/mol. The van der Waals surface area contributed by atoms with Crippen LogP contribution in [0, 0.1) is 0 Å². The fourth-order valence-electron chi connectivity index (χ4n) is 3.66. The highest BCUT2D eigenvalue weighted by Crippen LogP contribution is 2.27. The maximum atomic E-state index is 13.1. The first-order chi connectivity index (χ1) is 17.4. The van der Waals surface area contributed by atoms with E-state index in [9.17, 15) is 9.59 Å². The van der Waals surface area contributed by atoms with Gasteiger partial charge in [0.15, 0.2) is 12.4 Å². The molecule has 0 saturated heterocycles. The van der Waals surface area contributed by atoms with E-state index in [4.69, 9.17) is 14.2 Å². The van der Waals surface area contributed by atoms with Gasteiger partial charge < -0.3 is 14.2 Å². The molecule has 2 rings (SSSR count). The number of ether oxygens (including phenoxy) is 3. The highest BCUT2D eigenvalue weighted by Gasteiger charge is 2.14. The molecule has 0 amide bonds. The van der Waals surface area contributed by atoms with Gasteiger partial charge in [0.1, 0.15) is 18.1 Å². The van der Waals surface area contributed by atoms with Crippen LogP contribution in [0.1, 0.15) is 81.3 Å². The SMILES string of the molecule is CCCCCCCc1ccccc1/C=C/C(=O)c1ccc(OCC=C(C)C)cc1OCC(=O)OCC. The number of esters is 1. The van der Waals surface area contributed by atoms with Crippen LogP contribution in [-0.4, -0.2) is 31.6 Å². The van der Waals surface area contributed by atoms with Crippen molar-refractivity contribution in [2.24, 2.45) is 0 Å². The third-order valence-electron chi connectivity index (χ3n) is 5.63. The Morgan fingerprint density at radius 3 is 2.44 bits per heavy atom. The molecule has 0 heterocycles. The van der Waals surface area contributed by atoms with Crippen LogP contribution in [0.4, 0.5) is 0 Å². The predicted octanol–water partition coefficient (Wildman–Crippen LogP) is 7.38. The Morgan fingerprint density at radius 2 is 1.69 bits per heavy atom. The third kappa shape index (κ3) is 10.5. The second-order valence-corrected chi connectivity index (χ2v) is 8.90. The minimum absolute atomic E-state index is 0.206. The van der Waals surface area contributed by atoms with Crippen molar-refractivity contribution in [3.63, 3.8) is 0 Å². The lowest BCUT2D eigenvalue weighted by atomic mass is 9.99. The number of hydrogen-bond acceptors (Lipinski definition) is 5. The van der Waals surface area contributed by atoms with Gasteiger partial charge in [-0.3, -0.25) is 4.79 Å². The molecule has 0 saturated carbocycles. The van der Waals surface area contributed by atoms with Crippen LogP contribution in [-0.2, 0) is 16.0 Å². The third-order valence-corrected chi connectivity index (χ3v) is 5.63. The Labute approximate surface area is 216 Å². The minimum atomic E-state index is -0.491. The van der Waals surface area contributed by atoms with Crippen molar-refractivity contribution in [2.75, 3.05) is 19.8 Å². The molecule has 0 fully saturated rings. The summed E-state index contributed by atoms with van der Waals surface area (Å²) in [5.74, 6) is 0.148. The number of carbonyl (C=O) groups excluding carboxylic acids is 2. The second-order valence-electron chi connectivity index (χ2n) is 8.90. The normalized spacial score (nSPS) is 10.8. The summed E-state index contributed by atoms with van der Waals surface area (Å²) in [6.45, 7) is 8.33. The highest BCUT2D eigenvalue weighted by atomic mass is 16.6. The van der Waals surface area contributed by atoms with Gasteiger partial charge in [-0.2, -0.15) is 0 Å². The summed E-state index contributed by atoms with van der Waals surface area (Å²) in [4.78, 5) is 25.0. The van der Waals surface area contributed by atoms with Crippen LogP contribution >= 0.6 is 0 Å². The minimum Gasteiger partial charge on any atom is -0.489 e. The number of ketones is 1. The zero-order chi connectivity index (χ0) is 26.2. The van der Waals surface area contributed by atoms with E-state index in [1.54, 1.807) is 31.2 Å². The van der Waals surface area contributed by atoms with Crippen molar-refractivity contribution in [3.8, 4) is 11.5 Å². The fourth-order valence-corrected chi connectivity index (χ4v) is 3.66. The van der Waals surface area contributed by atoms with Gasteiger partial charge in [0.05, 0.1) is 12.2 Å². The largest absolute Gasteiger partial charge is 0.489 e. The molecule has 0 bridgehead atoms. The Hall–Kier alpha value is -3.34. The first-order valence-electron chi connectivity index (χ1n) is 12.9. The number of unbranched alkanes of at least 4 members (excludes halogenated alkanes) is 4. The summed E-state index contributed by atoms with van der Waals surface area (Å²) < 4.78 is 16.4. The van der Waals surface area contributed by atoms with Crippen molar-refractivity contribution in [2.45, 2.75) is 66.2 Å². The van der Waals surface area contributed by atoms with Gasteiger partial charge in [-0.15, -0.1) is 0 Å². The molecule has 0 radical (unpaired) electrons. The molecule has 0 aliphatic heterocycles. The molecule has 0 aliphatic carbocycles. The molecule has 36 heavy (non-hydrogen) atoms. The number of allylic oxidation sites excluding steroid dienone is 2. The van der Waals surface area contributed by atoms with Crippen LogP contribution in [0.3, 0.4) is 0 Å².